The number of phosphoric acid groups is 2. The molecule has 8 atom stereocenters. The van der Waals surface area contributed by atoms with Gasteiger partial charge >= 0.3 is 39.5 Å². The van der Waals surface area contributed by atoms with Crippen molar-refractivity contribution in [2.24, 2.45) is 23.7 Å². The van der Waals surface area contributed by atoms with Gasteiger partial charge in [-0.05, 0) is 49.4 Å². The van der Waals surface area contributed by atoms with E-state index in [0.717, 1.165) is 120 Å². The largest absolute Gasteiger partial charge is 0.472 e. The van der Waals surface area contributed by atoms with Crippen LogP contribution in [0.5, 0.6) is 0 Å². The lowest BCUT2D eigenvalue weighted by Crippen LogP contribution is -2.30. The monoisotopic (exact) mass is 1350 g/mol. The maximum absolute atomic E-state index is 13.1. The zero-order valence-corrected chi connectivity index (χ0v) is 62.0. The molecule has 17 nitrogen and oxygen atoms in total. The number of unbranched alkanes of at least 4 members (excludes halogenated alkanes) is 33. The van der Waals surface area contributed by atoms with E-state index in [0.29, 0.717) is 25.7 Å². The zero-order valence-electron chi connectivity index (χ0n) is 60.2. The number of phosphoric ester groups is 2. The fourth-order valence-corrected chi connectivity index (χ4v) is 12.5. The number of rotatable bonds is 70. The first kappa shape index (κ1) is 90.1. The van der Waals surface area contributed by atoms with Gasteiger partial charge in [0.05, 0.1) is 26.4 Å². The lowest BCUT2D eigenvalue weighted by atomic mass is 9.99. The molecule has 5 unspecified atom stereocenters. The summed E-state index contributed by atoms with van der Waals surface area (Å²) in [5.74, 6) is 0.972. The summed E-state index contributed by atoms with van der Waals surface area (Å²) < 4.78 is 68.4. The van der Waals surface area contributed by atoms with E-state index in [4.69, 9.17) is 37.0 Å². The quantitative estimate of drug-likeness (QED) is 0.0222. The van der Waals surface area contributed by atoms with Gasteiger partial charge in [0.15, 0.2) is 12.2 Å². The van der Waals surface area contributed by atoms with Crippen LogP contribution in [0.3, 0.4) is 0 Å². The molecule has 0 spiro atoms. The second kappa shape index (κ2) is 62.6. The molecule has 0 aromatic heterocycles. The zero-order chi connectivity index (χ0) is 68.2. The molecule has 0 bridgehead atoms. The molecule has 92 heavy (non-hydrogen) atoms. The Kier molecular flexibility index (Phi) is 61.3. The Bertz CT molecular complexity index is 1820. The van der Waals surface area contributed by atoms with Crippen molar-refractivity contribution >= 4 is 39.5 Å². The highest BCUT2D eigenvalue weighted by Crippen LogP contribution is 2.45. The van der Waals surface area contributed by atoms with Gasteiger partial charge in [-0.25, -0.2) is 9.13 Å². The van der Waals surface area contributed by atoms with E-state index < -0.39 is 97.5 Å². The number of carbonyl (C=O) groups excluding carboxylic acids is 4. The minimum absolute atomic E-state index is 0.105. The van der Waals surface area contributed by atoms with Gasteiger partial charge in [0.25, 0.3) is 0 Å². The average molecular weight is 1350 g/mol. The molecule has 19 heteroatoms. The summed E-state index contributed by atoms with van der Waals surface area (Å²) in [6.45, 7) is 14.2. The third kappa shape index (κ3) is 62.8. The normalized spacial score (nSPS) is 15.1. The number of hydrogen-bond acceptors (Lipinski definition) is 15. The van der Waals surface area contributed by atoms with Crippen molar-refractivity contribution in [3.8, 4) is 0 Å². The third-order valence-corrected chi connectivity index (χ3v) is 19.8. The van der Waals surface area contributed by atoms with Gasteiger partial charge in [0.2, 0.25) is 0 Å². The summed E-state index contributed by atoms with van der Waals surface area (Å²) in [7, 11) is -9.91. The van der Waals surface area contributed by atoms with Crippen LogP contribution in [-0.4, -0.2) is 96.7 Å². The molecule has 0 aromatic carbocycles. The average Bonchev–Trinajstić information content (AvgIpc) is 2.90. The van der Waals surface area contributed by atoms with Crippen molar-refractivity contribution in [2.75, 3.05) is 39.6 Å². The molecule has 0 aliphatic heterocycles. The minimum Gasteiger partial charge on any atom is -0.462 e. The van der Waals surface area contributed by atoms with Gasteiger partial charge in [0, 0.05) is 25.7 Å². The van der Waals surface area contributed by atoms with Crippen LogP contribution in [0.1, 0.15) is 364 Å². The van der Waals surface area contributed by atoms with Crippen LogP contribution in [0.25, 0.3) is 0 Å². The maximum Gasteiger partial charge on any atom is 0.472 e. The number of ether oxygens (including phenoxy) is 4. The lowest BCUT2D eigenvalue weighted by Gasteiger charge is -2.21. The number of hydrogen-bond donors (Lipinski definition) is 3. The Balaban J connectivity index is 5.27. The summed E-state index contributed by atoms with van der Waals surface area (Å²) in [6, 6.07) is 0. The number of aliphatic hydroxyl groups excluding tert-OH is 1. The van der Waals surface area contributed by atoms with E-state index in [1.54, 1.807) is 0 Å². The summed E-state index contributed by atoms with van der Waals surface area (Å²) in [5, 5.41) is 10.6. The Morgan fingerprint density at radius 1 is 0.304 bits per heavy atom. The first-order valence-electron chi connectivity index (χ1n) is 37.8. The molecular formula is C73H142O17P2. The number of aliphatic hydroxyl groups is 1. The topological polar surface area (TPSA) is 237 Å². The fourth-order valence-electron chi connectivity index (χ4n) is 10.9. The molecule has 0 saturated heterocycles. The fraction of sp³-hybridized carbons (Fsp3) is 0.945. The van der Waals surface area contributed by atoms with Gasteiger partial charge in [-0.15, -0.1) is 0 Å². The van der Waals surface area contributed by atoms with Crippen molar-refractivity contribution in [3.63, 3.8) is 0 Å². The first-order chi connectivity index (χ1) is 44.2. The van der Waals surface area contributed by atoms with Gasteiger partial charge in [-0.2, -0.15) is 0 Å². The highest BCUT2D eigenvalue weighted by atomic mass is 31.2. The second-order valence-electron chi connectivity index (χ2n) is 27.5. The first-order valence-corrected chi connectivity index (χ1v) is 40.8. The van der Waals surface area contributed by atoms with E-state index in [1.165, 1.54) is 161 Å². The van der Waals surface area contributed by atoms with Crippen LogP contribution >= 0.6 is 15.6 Å². The Morgan fingerprint density at radius 2 is 0.522 bits per heavy atom. The third-order valence-electron chi connectivity index (χ3n) is 17.9. The molecule has 0 radical (unpaired) electrons. The van der Waals surface area contributed by atoms with E-state index in [1.807, 2.05) is 0 Å². The van der Waals surface area contributed by atoms with Crippen LogP contribution in [0.15, 0.2) is 0 Å². The van der Waals surface area contributed by atoms with Crippen LogP contribution in [0, 0.1) is 23.7 Å². The van der Waals surface area contributed by atoms with Crippen molar-refractivity contribution in [1.82, 2.24) is 0 Å². The van der Waals surface area contributed by atoms with Crippen LogP contribution < -0.4 is 0 Å². The predicted octanol–water partition coefficient (Wildman–Crippen LogP) is 20.9. The molecule has 0 saturated carbocycles. The smallest absolute Gasteiger partial charge is 0.462 e. The molecule has 0 heterocycles. The van der Waals surface area contributed by atoms with Crippen LogP contribution in [0.4, 0.5) is 0 Å². The van der Waals surface area contributed by atoms with Crippen molar-refractivity contribution in [2.45, 2.75) is 382 Å². The summed E-state index contributed by atoms with van der Waals surface area (Å²) in [4.78, 5) is 72.7. The Morgan fingerprint density at radius 3 is 0.772 bits per heavy atom. The molecule has 0 amide bonds. The second-order valence-corrected chi connectivity index (χ2v) is 30.4. The minimum atomic E-state index is -4.96. The number of carbonyl (C=O) groups is 4. The molecule has 0 aromatic rings. The van der Waals surface area contributed by atoms with Crippen LogP contribution in [0.2, 0.25) is 0 Å². The highest BCUT2D eigenvalue weighted by Gasteiger charge is 2.30. The van der Waals surface area contributed by atoms with Crippen LogP contribution in [-0.2, 0) is 65.4 Å². The predicted molar refractivity (Wildman–Crippen MR) is 372 cm³/mol. The Hall–Kier alpha value is -1.94. The SMILES string of the molecule is CCC(C)CCCCCCCCCCCCC(=O)O[C@H](COC(=O)CCCCCCCCC(C)CC)COP(=O)(O)OC[C@H](O)COP(=O)(O)OC[C@@H](COC(=O)CCCCCCCCCCC(C)CC)OC(=O)CCCCCCCCCCCCCCCC(C)C. The van der Waals surface area contributed by atoms with Crippen molar-refractivity contribution in [1.29, 1.82) is 0 Å². The molecule has 0 aliphatic carbocycles. The number of esters is 4. The highest BCUT2D eigenvalue weighted by molar-refractivity contribution is 7.47. The van der Waals surface area contributed by atoms with E-state index in [9.17, 15) is 43.2 Å². The molecule has 3 N–H and O–H groups in total. The van der Waals surface area contributed by atoms with Gasteiger partial charge in [-0.3, -0.25) is 37.3 Å². The van der Waals surface area contributed by atoms with Crippen molar-refractivity contribution < 1.29 is 80.2 Å². The maximum atomic E-state index is 13.1. The van der Waals surface area contributed by atoms with Gasteiger partial charge < -0.3 is 33.8 Å². The Labute approximate surface area is 562 Å². The summed E-state index contributed by atoms with van der Waals surface area (Å²) in [6.07, 6.45) is 45.6. The molecular weight excluding hydrogens is 1210 g/mol. The lowest BCUT2D eigenvalue weighted by molar-refractivity contribution is -0.161. The van der Waals surface area contributed by atoms with E-state index in [2.05, 4.69) is 55.4 Å². The van der Waals surface area contributed by atoms with E-state index >= 15 is 0 Å². The summed E-state index contributed by atoms with van der Waals surface area (Å²) >= 11 is 0. The molecule has 0 rings (SSSR count). The van der Waals surface area contributed by atoms with Gasteiger partial charge in [0.1, 0.15) is 19.3 Å². The standard InChI is InChI=1S/C73H142O17P2/c1-9-64(6)50-42-34-26-20-17-18-22-30-40-48-56-73(78)90-69(60-84-71(76)54-46-38-32-31-36-44-52-66(8)11-3)62-88-92(81,82)86-58-67(74)57-85-91(79,80)87-61-68(59-83-70(75)53-45-37-28-24-23-27-35-43-51-65(7)10-2)89-72(77)55-47-39-29-21-16-14-12-13-15-19-25-33-41-49-63(4)5/h63-69,74H,9-62H2,1-8H3,(H,79,80)(H,81,82)/t64?,65?,66?,67-,68-,69-/m1/s1. The van der Waals surface area contributed by atoms with Gasteiger partial charge in [-0.1, -0.05) is 312 Å². The van der Waals surface area contributed by atoms with Crippen molar-refractivity contribution in [3.05, 3.63) is 0 Å². The molecule has 0 fully saturated rings. The summed E-state index contributed by atoms with van der Waals surface area (Å²) in [5.41, 5.74) is 0. The van der Waals surface area contributed by atoms with E-state index in [-0.39, 0.29) is 25.7 Å². The molecule has 546 valence electrons. The molecule has 0 aliphatic rings.